The van der Waals surface area contributed by atoms with Gasteiger partial charge >= 0.3 is 0 Å². The second-order valence-corrected chi connectivity index (χ2v) is 11.0. The van der Waals surface area contributed by atoms with Crippen LogP contribution in [0, 0.1) is 0 Å². The first-order valence-electron chi connectivity index (χ1n) is 8.86. The van der Waals surface area contributed by atoms with E-state index < -0.39 is 9.84 Å². The summed E-state index contributed by atoms with van der Waals surface area (Å²) >= 11 is 3.00. The van der Waals surface area contributed by atoms with Crippen LogP contribution in [-0.4, -0.2) is 58.5 Å². The lowest BCUT2D eigenvalue weighted by atomic mass is 10.1. The molecule has 1 aliphatic carbocycles. The van der Waals surface area contributed by atoms with Gasteiger partial charge in [-0.3, -0.25) is 4.79 Å². The topological polar surface area (TPSA) is 80.2 Å². The fourth-order valence-corrected chi connectivity index (χ4v) is 7.48. The Kier molecular flexibility index (Phi) is 5.20. The standard InChI is InChI=1S/C17H21N3O3S3/c21-15(9-25-17-16-14(5-7-24-16)18-11-19-17)20(12-3-1-2-4-12)13-6-8-26(22,23)10-13/h5,7,11-13H,1-4,6,8-10H2. The van der Waals surface area contributed by atoms with Gasteiger partial charge in [-0.2, -0.15) is 0 Å². The maximum Gasteiger partial charge on any atom is 0.233 e. The Morgan fingerprint density at radius 1 is 1.23 bits per heavy atom. The van der Waals surface area contributed by atoms with Crippen molar-refractivity contribution in [3.8, 4) is 0 Å². The van der Waals surface area contributed by atoms with E-state index in [1.54, 1.807) is 11.3 Å². The Morgan fingerprint density at radius 3 is 2.77 bits per heavy atom. The molecule has 9 heteroatoms. The van der Waals surface area contributed by atoms with Gasteiger partial charge < -0.3 is 4.90 Å². The van der Waals surface area contributed by atoms with E-state index in [0.29, 0.717) is 6.42 Å². The molecule has 6 nitrogen and oxygen atoms in total. The summed E-state index contributed by atoms with van der Waals surface area (Å²) in [6.45, 7) is 0. The molecule has 1 amide bonds. The van der Waals surface area contributed by atoms with Crippen LogP contribution in [-0.2, 0) is 14.6 Å². The summed E-state index contributed by atoms with van der Waals surface area (Å²) in [5.41, 5.74) is 0.898. The Morgan fingerprint density at radius 2 is 2.04 bits per heavy atom. The zero-order chi connectivity index (χ0) is 18.1. The maximum atomic E-state index is 13.0. The number of thiophene rings is 1. The minimum atomic E-state index is -3.01. The molecule has 2 aromatic rings. The average Bonchev–Trinajstić information content (AvgIpc) is 3.34. The Bertz CT molecular complexity index is 906. The lowest BCUT2D eigenvalue weighted by Gasteiger charge is -2.34. The smallest absolute Gasteiger partial charge is 0.233 e. The molecule has 0 radical (unpaired) electrons. The molecule has 26 heavy (non-hydrogen) atoms. The predicted octanol–water partition coefficient (Wildman–Crippen LogP) is 2.74. The van der Waals surface area contributed by atoms with Crippen molar-refractivity contribution in [2.45, 2.75) is 49.2 Å². The highest BCUT2D eigenvalue weighted by Gasteiger charge is 2.38. The van der Waals surface area contributed by atoms with E-state index in [1.165, 1.54) is 18.1 Å². The lowest BCUT2D eigenvalue weighted by molar-refractivity contribution is -0.132. The molecule has 2 aliphatic rings. The van der Waals surface area contributed by atoms with Gasteiger partial charge in [-0.25, -0.2) is 18.4 Å². The number of aromatic nitrogens is 2. The molecule has 1 saturated heterocycles. The van der Waals surface area contributed by atoms with Crippen LogP contribution in [0.1, 0.15) is 32.1 Å². The number of hydrogen-bond acceptors (Lipinski definition) is 7. The van der Waals surface area contributed by atoms with Crippen LogP contribution in [0.15, 0.2) is 22.8 Å². The fourth-order valence-electron chi connectivity index (χ4n) is 3.96. The molecule has 3 heterocycles. The molecule has 1 unspecified atom stereocenters. The lowest BCUT2D eigenvalue weighted by Crippen LogP contribution is -2.47. The van der Waals surface area contributed by atoms with E-state index in [4.69, 9.17) is 0 Å². The summed E-state index contributed by atoms with van der Waals surface area (Å²) in [7, 11) is -3.01. The van der Waals surface area contributed by atoms with Crippen LogP contribution in [0.5, 0.6) is 0 Å². The van der Waals surface area contributed by atoms with Crippen LogP contribution in [0.4, 0.5) is 0 Å². The highest BCUT2D eigenvalue weighted by Crippen LogP contribution is 2.32. The van der Waals surface area contributed by atoms with Gasteiger partial charge in [0.1, 0.15) is 11.4 Å². The number of carbonyl (C=O) groups is 1. The van der Waals surface area contributed by atoms with Crippen LogP contribution in [0.3, 0.4) is 0 Å². The summed E-state index contributed by atoms with van der Waals surface area (Å²) in [6.07, 6.45) is 6.29. The Labute approximate surface area is 161 Å². The number of nitrogens with zero attached hydrogens (tertiary/aromatic N) is 3. The van der Waals surface area contributed by atoms with Crippen molar-refractivity contribution in [1.29, 1.82) is 0 Å². The summed E-state index contributed by atoms with van der Waals surface area (Å²) in [4.78, 5) is 23.5. The minimum Gasteiger partial charge on any atom is -0.335 e. The van der Waals surface area contributed by atoms with Crippen LogP contribution in [0.25, 0.3) is 10.2 Å². The van der Waals surface area contributed by atoms with Gasteiger partial charge in [0.15, 0.2) is 9.84 Å². The molecule has 0 bridgehead atoms. The van der Waals surface area contributed by atoms with Crippen LogP contribution in [0.2, 0.25) is 0 Å². The van der Waals surface area contributed by atoms with E-state index in [1.807, 2.05) is 16.3 Å². The number of thioether (sulfide) groups is 1. The molecule has 2 fully saturated rings. The summed E-state index contributed by atoms with van der Waals surface area (Å²) in [5.74, 6) is 0.634. The van der Waals surface area contributed by atoms with Gasteiger partial charge in [-0.05, 0) is 30.7 Å². The van der Waals surface area contributed by atoms with Crippen molar-refractivity contribution in [3.05, 3.63) is 17.8 Å². The first kappa shape index (κ1) is 18.2. The SMILES string of the molecule is O=C(CSc1ncnc2ccsc12)N(C1CCCC1)C1CCS(=O)(=O)C1. The minimum absolute atomic E-state index is 0.0346. The van der Waals surface area contributed by atoms with Crippen molar-refractivity contribution >= 4 is 49.1 Å². The summed E-state index contributed by atoms with van der Waals surface area (Å²) in [6, 6.07) is 1.97. The monoisotopic (exact) mass is 411 g/mol. The summed E-state index contributed by atoms with van der Waals surface area (Å²) < 4.78 is 24.8. The first-order valence-corrected chi connectivity index (χ1v) is 12.5. The van der Waals surface area contributed by atoms with Crippen molar-refractivity contribution in [2.75, 3.05) is 17.3 Å². The molecule has 0 N–H and O–H groups in total. The number of sulfone groups is 1. The van der Waals surface area contributed by atoms with Crippen molar-refractivity contribution < 1.29 is 13.2 Å². The van der Waals surface area contributed by atoms with Gasteiger partial charge in [-0.1, -0.05) is 24.6 Å². The third-order valence-corrected chi connectivity index (χ3v) is 8.91. The van der Waals surface area contributed by atoms with Crippen molar-refractivity contribution in [1.82, 2.24) is 14.9 Å². The van der Waals surface area contributed by atoms with E-state index in [9.17, 15) is 13.2 Å². The summed E-state index contributed by atoms with van der Waals surface area (Å²) in [5, 5.41) is 2.79. The molecule has 1 saturated carbocycles. The third kappa shape index (κ3) is 3.75. The second kappa shape index (κ2) is 7.44. The number of carbonyl (C=O) groups excluding carboxylic acids is 1. The van der Waals surface area contributed by atoms with Gasteiger partial charge in [0.2, 0.25) is 5.91 Å². The molecule has 1 aliphatic heterocycles. The Balaban J connectivity index is 1.50. The fraction of sp³-hybridized carbons (Fsp3) is 0.588. The molecule has 140 valence electrons. The predicted molar refractivity (Wildman–Crippen MR) is 104 cm³/mol. The van der Waals surface area contributed by atoms with Crippen LogP contribution >= 0.6 is 23.1 Å². The highest BCUT2D eigenvalue weighted by molar-refractivity contribution is 8.00. The van der Waals surface area contributed by atoms with E-state index >= 15 is 0 Å². The number of hydrogen-bond donors (Lipinski definition) is 0. The van der Waals surface area contributed by atoms with Gasteiger partial charge in [0.05, 0.1) is 27.5 Å². The quantitative estimate of drug-likeness (QED) is 0.556. The molecule has 0 spiro atoms. The molecular formula is C17H21N3O3S3. The van der Waals surface area contributed by atoms with E-state index in [2.05, 4.69) is 9.97 Å². The Hall–Kier alpha value is -1.19. The van der Waals surface area contributed by atoms with E-state index in [-0.39, 0.29) is 35.2 Å². The van der Waals surface area contributed by atoms with E-state index in [0.717, 1.165) is 40.9 Å². The molecule has 0 aromatic carbocycles. The number of amides is 1. The second-order valence-electron chi connectivity index (χ2n) is 6.90. The van der Waals surface area contributed by atoms with Gasteiger partial charge in [-0.15, -0.1) is 11.3 Å². The van der Waals surface area contributed by atoms with Crippen LogP contribution < -0.4 is 0 Å². The van der Waals surface area contributed by atoms with Crippen molar-refractivity contribution in [3.63, 3.8) is 0 Å². The zero-order valence-electron chi connectivity index (χ0n) is 14.3. The van der Waals surface area contributed by atoms with Gasteiger partial charge in [0.25, 0.3) is 0 Å². The normalized spacial score (nSPS) is 22.8. The largest absolute Gasteiger partial charge is 0.335 e. The number of rotatable bonds is 5. The van der Waals surface area contributed by atoms with Gasteiger partial charge in [0, 0.05) is 12.1 Å². The average molecular weight is 412 g/mol. The molecule has 4 rings (SSSR count). The molecular weight excluding hydrogens is 390 g/mol. The molecule has 1 atom stereocenters. The highest BCUT2D eigenvalue weighted by atomic mass is 32.2. The molecule has 2 aromatic heterocycles. The maximum absolute atomic E-state index is 13.0. The van der Waals surface area contributed by atoms with Crippen molar-refractivity contribution in [2.24, 2.45) is 0 Å². The third-order valence-electron chi connectivity index (χ3n) is 5.15. The zero-order valence-corrected chi connectivity index (χ0v) is 16.8. The number of fused-ring (bicyclic) bond motifs is 1. The first-order chi connectivity index (χ1) is 12.5.